The van der Waals surface area contributed by atoms with Gasteiger partial charge in [0.25, 0.3) is 0 Å². The molecule has 16 heavy (non-hydrogen) atoms. The van der Waals surface area contributed by atoms with Gasteiger partial charge < -0.3 is 14.8 Å². The summed E-state index contributed by atoms with van der Waals surface area (Å²) < 4.78 is 11.3. The van der Waals surface area contributed by atoms with Crippen LogP contribution in [0.1, 0.15) is 31.4 Å². The van der Waals surface area contributed by atoms with E-state index in [4.69, 9.17) is 9.47 Å². The van der Waals surface area contributed by atoms with E-state index in [-0.39, 0.29) is 0 Å². The lowest BCUT2D eigenvalue weighted by molar-refractivity contribution is 0.255. The first kappa shape index (κ1) is 11.3. The SMILES string of the molecule is CCCOc1ccc2c(c1)C(NC)CCO2. The molecule has 0 radical (unpaired) electrons. The van der Waals surface area contributed by atoms with E-state index in [0.717, 1.165) is 37.6 Å². The number of nitrogens with one attached hydrogen (secondary N) is 1. The Hall–Kier alpha value is -1.22. The van der Waals surface area contributed by atoms with Crippen molar-refractivity contribution < 1.29 is 9.47 Å². The Morgan fingerprint density at radius 1 is 1.50 bits per heavy atom. The largest absolute Gasteiger partial charge is 0.494 e. The number of hydrogen-bond acceptors (Lipinski definition) is 3. The highest BCUT2D eigenvalue weighted by atomic mass is 16.5. The van der Waals surface area contributed by atoms with Crippen molar-refractivity contribution in [1.29, 1.82) is 0 Å². The summed E-state index contributed by atoms with van der Waals surface area (Å²) in [6, 6.07) is 6.45. The molecule has 2 rings (SSSR count). The second-order valence-corrected chi connectivity index (χ2v) is 4.03. The van der Waals surface area contributed by atoms with Gasteiger partial charge in [-0.15, -0.1) is 0 Å². The van der Waals surface area contributed by atoms with Crippen molar-refractivity contribution in [3.63, 3.8) is 0 Å². The minimum Gasteiger partial charge on any atom is -0.494 e. The molecule has 0 saturated heterocycles. The minimum absolute atomic E-state index is 0.383. The fraction of sp³-hybridized carbons (Fsp3) is 0.538. The third-order valence-electron chi connectivity index (χ3n) is 2.84. The molecule has 3 heteroatoms. The van der Waals surface area contributed by atoms with E-state index < -0.39 is 0 Å². The molecule has 1 atom stereocenters. The Kier molecular flexibility index (Phi) is 3.67. The van der Waals surface area contributed by atoms with E-state index in [1.807, 2.05) is 19.2 Å². The first-order valence-electron chi connectivity index (χ1n) is 5.92. The van der Waals surface area contributed by atoms with Crippen LogP contribution in [0.2, 0.25) is 0 Å². The molecule has 1 aliphatic heterocycles. The van der Waals surface area contributed by atoms with Crippen LogP contribution < -0.4 is 14.8 Å². The standard InChI is InChI=1S/C13H19NO2/c1-3-7-15-10-4-5-13-11(9-10)12(14-2)6-8-16-13/h4-5,9,12,14H,3,6-8H2,1-2H3. The summed E-state index contributed by atoms with van der Waals surface area (Å²) in [5.74, 6) is 1.92. The average Bonchev–Trinajstić information content (AvgIpc) is 2.35. The number of hydrogen-bond donors (Lipinski definition) is 1. The smallest absolute Gasteiger partial charge is 0.124 e. The predicted octanol–water partition coefficient (Wildman–Crippen LogP) is 2.52. The summed E-state index contributed by atoms with van der Waals surface area (Å²) in [5.41, 5.74) is 1.21. The van der Waals surface area contributed by atoms with Crippen molar-refractivity contribution in [2.45, 2.75) is 25.8 Å². The summed E-state index contributed by atoms with van der Waals surface area (Å²) in [5, 5.41) is 3.31. The van der Waals surface area contributed by atoms with E-state index >= 15 is 0 Å². The lowest BCUT2D eigenvalue weighted by Crippen LogP contribution is -2.24. The Morgan fingerprint density at radius 2 is 2.38 bits per heavy atom. The lowest BCUT2D eigenvalue weighted by atomic mass is 10.0. The zero-order chi connectivity index (χ0) is 11.4. The lowest BCUT2D eigenvalue weighted by Gasteiger charge is -2.26. The maximum absolute atomic E-state index is 5.63. The second-order valence-electron chi connectivity index (χ2n) is 4.03. The van der Waals surface area contributed by atoms with Gasteiger partial charge in [-0.25, -0.2) is 0 Å². The highest BCUT2D eigenvalue weighted by molar-refractivity contribution is 5.43. The molecule has 88 valence electrons. The van der Waals surface area contributed by atoms with Gasteiger partial charge in [0.05, 0.1) is 13.2 Å². The van der Waals surface area contributed by atoms with Gasteiger partial charge in [0, 0.05) is 18.0 Å². The van der Waals surface area contributed by atoms with Crippen LogP contribution in [0.3, 0.4) is 0 Å². The van der Waals surface area contributed by atoms with Gasteiger partial charge in [0.15, 0.2) is 0 Å². The maximum atomic E-state index is 5.63. The Balaban J connectivity index is 2.20. The summed E-state index contributed by atoms with van der Waals surface area (Å²) in [6.45, 7) is 3.66. The molecule has 0 bridgehead atoms. The fourth-order valence-corrected chi connectivity index (χ4v) is 1.98. The van der Waals surface area contributed by atoms with E-state index in [0.29, 0.717) is 6.04 Å². The van der Waals surface area contributed by atoms with Crippen molar-refractivity contribution in [2.24, 2.45) is 0 Å². The molecular formula is C13H19NO2. The van der Waals surface area contributed by atoms with Gasteiger partial charge in [0.2, 0.25) is 0 Å². The number of ether oxygens (including phenoxy) is 2. The molecule has 1 aromatic rings. The monoisotopic (exact) mass is 221 g/mol. The Morgan fingerprint density at radius 3 is 3.12 bits per heavy atom. The summed E-state index contributed by atoms with van der Waals surface area (Å²) in [7, 11) is 1.99. The fourth-order valence-electron chi connectivity index (χ4n) is 1.98. The van der Waals surface area contributed by atoms with Crippen molar-refractivity contribution in [2.75, 3.05) is 20.3 Å². The molecule has 0 aromatic heterocycles. The molecule has 1 heterocycles. The number of rotatable bonds is 4. The Bertz CT molecular complexity index is 352. The molecule has 3 nitrogen and oxygen atoms in total. The molecule has 1 aliphatic rings. The average molecular weight is 221 g/mol. The van der Waals surface area contributed by atoms with E-state index in [9.17, 15) is 0 Å². The molecule has 1 unspecified atom stereocenters. The molecule has 0 amide bonds. The van der Waals surface area contributed by atoms with Crippen molar-refractivity contribution in [3.05, 3.63) is 23.8 Å². The first-order valence-corrected chi connectivity index (χ1v) is 5.92. The topological polar surface area (TPSA) is 30.5 Å². The molecular weight excluding hydrogens is 202 g/mol. The molecule has 0 spiro atoms. The van der Waals surface area contributed by atoms with Gasteiger partial charge in [-0.2, -0.15) is 0 Å². The molecule has 0 saturated carbocycles. The molecule has 1 aromatic carbocycles. The number of benzene rings is 1. The van der Waals surface area contributed by atoms with Gasteiger partial charge in [-0.3, -0.25) is 0 Å². The Labute approximate surface area is 96.8 Å². The van der Waals surface area contributed by atoms with Gasteiger partial charge in [-0.05, 0) is 31.7 Å². The van der Waals surface area contributed by atoms with Crippen LogP contribution in [0.15, 0.2) is 18.2 Å². The van der Waals surface area contributed by atoms with Crippen LogP contribution in [0, 0.1) is 0 Å². The zero-order valence-electron chi connectivity index (χ0n) is 9.95. The maximum Gasteiger partial charge on any atom is 0.124 e. The highest BCUT2D eigenvalue weighted by Crippen LogP contribution is 2.34. The van der Waals surface area contributed by atoms with Crippen LogP contribution in [0.5, 0.6) is 11.5 Å². The van der Waals surface area contributed by atoms with Gasteiger partial charge >= 0.3 is 0 Å². The van der Waals surface area contributed by atoms with Crippen molar-refractivity contribution in [3.8, 4) is 11.5 Å². The van der Waals surface area contributed by atoms with Crippen LogP contribution in [0.4, 0.5) is 0 Å². The van der Waals surface area contributed by atoms with Gasteiger partial charge in [0.1, 0.15) is 11.5 Å². The quantitative estimate of drug-likeness (QED) is 0.847. The van der Waals surface area contributed by atoms with Crippen molar-refractivity contribution >= 4 is 0 Å². The predicted molar refractivity (Wildman–Crippen MR) is 64.1 cm³/mol. The van der Waals surface area contributed by atoms with E-state index in [1.54, 1.807) is 0 Å². The van der Waals surface area contributed by atoms with E-state index in [1.165, 1.54) is 5.56 Å². The second kappa shape index (κ2) is 5.21. The van der Waals surface area contributed by atoms with Gasteiger partial charge in [-0.1, -0.05) is 6.92 Å². The minimum atomic E-state index is 0.383. The summed E-state index contributed by atoms with van der Waals surface area (Å²) >= 11 is 0. The summed E-state index contributed by atoms with van der Waals surface area (Å²) in [4.78, 5) is 0. The van der Waals surface area contributed by atoms with E-state index in [2.05, 4.69) is 18.3 Å². The normalized spacial score (nSPS) is 18.8. The van der Waals surface area contributed by atoms with Crippen molar-refractivity contribution in [1.82, 2.24) is 5.32 Å². The third-order valence-corrected chi connectivity index (χ3v) is 2.84. The zero-order valence-corrected chi connectivity index (χ0v) is 9.95. The molecule has 0 aliphatic carbocycles. The molecule has 0 fully saturated rings. The highest BCUT2D eigenvalue weighted by Gasteiger charge is 2.20. The van der Waals surface area contributed by atoms with Crippen LogP contribution in [-0.2, 0) is 0 Å². The van der Waals surface area contributed by atoms with Crippen LogP contribution in [-0.4, -0.2) is 20.3 Å². The molecule has 1 N–H and O–H groups in total. The summed E-state index contributed by atoms with van der Waals surface area (Å²) in [6.07, 6.45) is 2.05. The first-order chi connectivity index (χ1) is 7.85. The van der Waals surface area contributed by atoms with Crippen LogP contribution in [0.25, 0.3) is 0 Å². The third kappa shape index (κ3) is 2.30. The number of fused-ring (bicyclic) bond motifs is 1. The van der Waals surface area contributed by atoms with Crippen LogP contribution >= 0.6 is 0 Å².